The van der Waals surface area contributed by atoms with Crippen LogP contribution in [0.4, 0.5) is 0 Å². The van der Waals surface area contributed by atoms with E-state index in [0.29, 0.717) is 23.4 Å². The molecule has 0 saturated heterocycles. The Labute approximate surface area is 184 Å². The summed E-state index contributed by atoms with van der Waals surface area (Å²) in [6.07, 6.45) is 3.59. The second-order valence-corrected chi connectivity index (χ2v) is 7.59. The molecular formula is C26H22N2O4. The summed E-state index contributed by atoms with van der Waals surface area (Å²) in [5.41, 5.74) is 3.03. The van der Waals surface area contributed by atoms with Crippen LogP contribution in [0.2, 0.25) is 0 Å². The Hall–Kier alpha value is -4.19. The molecule has 3 aromatic carbocycles. The molecule has 0 aliphatic heterocycles. The molecule has 0 saturated carbocycles. The molecule has 0 aliphatic carbocycles. The number of para-hydroxylation sites is 1. The lowest BCUT2D eigenvalue weighted by atomic mass is 10.2. The minimum absolute atomic E-state index is 0.0440. The number of hydrogen-bond donors (Lipinski definition) is 1. The van der Waals surface area contributed by atoms with E-state index in [4.69, 9.17) is 9.47 Å². The molecular weight excluding hydrogens is 404 g/mol. The van der Waals surface area contributed by atoms with E-state index in [2.05, 4.69) is 0 Å². The van der Waals surface area contributed by atoms with E-state index in [-0.39, 0.29) is 17.9 Å². The van der Waals surface area contributed by atoms with E-state index in [1.807, 2.05) is 65.2 Å². The van der Waals surface area contributed by atoms with Gasteiger partial charge >= 0.3 is 0 Å². The summed E-state index contributed by atoms with van der Waals surface area (Å²) in [5.74, 6) is 1.17. The van der Waals surface area contributed by atoms with Gasteiger partial charge < -0.3 is 23.5 Å². The SMILES string of the molecule is COc1cccc(Cn2ccn3c(cc4ccc(OCc5ccccc5)cc43)c2=O)c1O. The standard InChI is InChI=1S/C26H22N2O4/c1-31-24-9-5-8-20(25(24)29)16-27-12-13-28-22-15-21(32-17-18-6-3-2-4-7-18)11-10-19(22)14-23(28)26(27)30/h2-15,29H,16-17H2,1H3. The van der Waals surface area contributed by atoms with Gasteiger partial charge in [-0.2, -0.15) is 0 Å². The first-order valence-corrected chi connectivity index (χ1v) is 10.3. The number of nitrogens with zero attached hydrogens (tertiary/aromatic N) is 2. The van der Waals surface area contributed by atoms with Crippen LogP contribution in [0.25, 0.3) is 16.4 Å². The van der Waals surface area contributed by atoms with Gasteiger partial charge in [0.1, 0.15) is 17.9 Å². The third kappa shape index (κ3) is 3.56. The fraction of sp³-hybridized carbons (Fsp3) is 0.115. The van der Waals surface area contributed by atoms with Gasteiger partial charge in [-0.15, -0.1) is 0 Å². The van der Waals surface area contributed by atoms with E-state index < -0.39 is 0 Å². The molecule has 0 bridgehead atoms. The maximum Gasteiger partial charge on any atom is 0.275 e. The summed E-state index contributed by atoms with van der Waals surface area (Å²) in [4.78, 5) is 13.2. The number of phenolic OH excluding ortho intramolecular Hbond substituents is 1. The van der Waals surface area contributed by atoms with Crippen molar-refractivity contribution < 1.29 is 14.6 Å². The zero-order valence-corrected chi connectivity index (χ0v) is 17.6. The van der Waals surface area contributed by atoms with E-state index in [1.165, 1.54) is 7.11 Å². The van der Waals surface area contributed by atoms with Gasteiger partial charge in [0.05, 0.1) is 19.2 Å². The lowest BCUT2D eigenvalue weighted by Crippen LogP contribution is -2.21. The maximum absolute atomic E-state index is 13.2. The van der Waals surface area contributed by atoms with Crippen LogP contribution in [0.3, 0.4) is 0 Å². The number of fused-ring (bicyclic) bond motifs is 3. The van der Waals surface area contributed by atoms with Crippen molar-refractivity contribution >= 4 is 16.4 Å². The second-order valence-electron chi connectivity index (χ2n) is 7.59. The maximum atomic E-state index is 13.2. The molecule has 32 heavy (non-hydrogen) atoms. The average Bonchev–Trinajstić information content (AvgIpc) is 3.20. The number of ether oxygens (including phenoxy) is 2. The van der Waals surface area contributed by atoms with Crippen molar-refractivity contribution in [2.24, 2.45) is 0 Å². The zero-order chi connectivity index (χ0) is 22.1. The molecule has 160 valence electrons. The van der Waals surface area contributed by atoms with Gasteiger partial charge in [-0.3, -0.25) is 4.79 Å². The fourth-order valence-corrected chi connectivity index (χ4v) is 3.89. The summed E-state index contributed by atoms with van der Waals surface area (Å²) in [7, 11) is 1.50. The molecule has 0 aliphatic rings. The summed E-state index contributed by atoms with van der Waals surface area (Å²) in [6.45, 7) is 0.720. The zero-order valence-electron chi connectivity index (χ0n) is 17.6. The predicted molar refractivity (Wildman–Crippen MR) is 124 cm³/mol. The lowest BCUT2D eigenvalue weighted by Gasteiger charge is -2.11. The van der Waals surface area contributed by atoms with Crippen molar-refractivity contribution in [1.29, 1.82) is 0 Å². The molecule has 5 rings (SSSR count). The smallest absolute Gasteiger partial charge is 0.275 e. The largest absolute Gasteiger partial charge is 0.504 e. The van der Waals surface area contributed by atoms with Crippen LogP contribution in [-0.2, 0) is 13.2 Å². The molecule has 5 aromatic rings. The highest BCUT2D eigenvalue weighted by atomic mass is 16.5. The first-order chi connectivity index (χ1) is 15.6. The molecule has 0 fully saturated rings. The van der Waals surface area contributed by atoms with Crippen molar-refractivity contribution in [2.75, 3.05) is 7.11 Å². The molecule has 0 amide bonds. The Morgan fingerprint density at radius 2 is 1.75 bits per heavy atom. The van der Waals surface area contributed by atoms with Gasteiger partial charge in [-0.25, -0.2) is 0 Å². The molecule has 0 atom stereocenters. The normalized spacial score (nSPS) is 11.2. The van der Waals surface area contributed by atoms with Crippen molar-refractivity contribution in [2.45, 2.75) is 13.2 Å². The predicted octanol–water partition coefficient (Wildman–Crippen LogP) is 4.60. The number of methoxy groups -OCH3 is 1. The number of benzene rings is 3. The highest BCUT2D eigenvalue weighted by Gasteiger charge is 2.12. The molecule has 0 spiro atoms. The Kier molecular flexibility index (Phi) is 5.03. The van der Waals surface area contributed by atoms with Gasteiger partial charge in [0, 0.05) is 29.4 Å². The Morgan fingerprint density at radius 1 is 0.906 bits per heavy atom. The first-order valence-electron chi connectivity index (χ1n) is 10.3. The molecule has 0 unspecified atom stereocenters. The van der Waals surface area contributed by atoms with Gasteiger partial charge in [-0.1, -0.05) is 42.5 Å². The van der Waals surface area contributed by atoms with Crippen LogP contribution in [0.15, 0.2) is 90.0 Å². The molecule has 6 nitrogen and oxygen atoms in total. The van der Waals surface area contributed by atoms with E-state index in [1.54, 1.807) is 29.0 Å². The van der Waals surface area contributed by atoms with Gasteiger partial charge in [0.2, 0.25) is 0 Å². The Balaban J connectivity index is 1.48. The van der Waals surface area contributed by atoms with E-state index >= 15 is 0 Å². The van der Waals surface area contributed by atoms with Crippen LogP contribution >= 0.6 is 0 Å². The van der Waals surface area contributed by atoms with Crippen LogP contribution in [0, 0.1) is 0 Å². The van der Waals surface area contributed by atoms with Crippen molar-refractivity contribution in [3.8, 4) is 17.2 Å². The lowest BCUT2D eigenvalue weighted by molar-refractivity contribution is 0.306. The summed E-state index contributed by atoms with van der Waals surface area (Å²) in [6, 6.07) is 22.9. The van der Waals surface area contributed by atoms with E-state index in [9.17, 15) is 9.90 Å². The number of aromatic nitrogens is 2. The van der Waals surface area contributed by atoms with Crippen molar-refractivity contribution in [3.63, 3.8) is 0 Å². The number of hydrogen-bond acceptors (Lipinski definition) is 4. The highest BCUT2D eigenvalue weighted by Crippen LogP contribution is 2.30. The Bertz CT molecular complexity index is 1470. The van der Waals surface area contributed by atoms with Crippen LogP contribution in [0.1, 0.15) is 11.1 Å². The topological polar surface area (TPSA) is 65.1 Å². The van der Waals surface area contributed by atoms with Gasteiger partial charge in [0.15, 0.2) is 11.5 Å². The molecule has 0 radical (unpaired) electrons. The summed E-state index contributed by atoms with van der Waals surface area (Å²) >= 11 is 0. The third-order valence-electron chi connectivity index (χ3n) is 5.58. The number of phenols is 1. The van der Waals surface area contributed by atoms with Crippen LogP contribution in [0.5, 0.6) is 17.2 Å². The third-order valence-corrected chi connectivity index (χ3v) is 5.58. The fourth-order valence-electron chi connectivity index (χ4n) is 3.89. The quantitative estimate of drug-likeness (QED) is 0.431. The molecule has 6 heteroatoms. The number of rotatable bonds is 6. The average molecular weight is 426 g/mol. The van der Waals surface area contributed by atoms with Crippen LogP contribution < -0.4 is 15.0 Å². The molecule has 2 aromatic heterocycles. The van der Waals surface area contributed by atoms with Crippen LogP contribution in [-0.4, -0.2) is 21.2 Å². The van der Waals surface area contributed by atoms with Crippen molar-refractivity contribution in [3.05, 3.63) is 107 Å². The van der Waals surface area contributed by atoms with E-state index in [0.717, 1.165) is 22.2 Å². The monoisotopic (exact) mass is 426 g/mol. The second kappa shape index (κ2) is 8.15. The molecule has 1 N–H and O–H groups in total. The first kappa shape index (κ1) is 19.8. The summed E-state index contributed by atoms with van der Waals surface area (Å²) in [5, 5.41) is 11.3. The van der Waals surface area contributed by atoms with Gasteiger partial charge in [-0.05, 0) is 29.8 Å². The number of aromatic hydroxyl groups is 1. The van der Waals surface area contributed by atoms with Crippen molar-refractivity contribution in [1.82, 2.24) is 8.97 Å². The summed E-state index contributed by atoms with van der Waals surface area (Å²) < 4.78 is 14.6. The minimum Gasteiger partial charge on any atom is -0.504 e. The molecule has 2 heterocycles. The minimum atomic E-state index is -0.141. The Morgan fingerprint density at radius 3 is 2.56 bits per heavy atom. The van der Waals surface area contributed by atoms with Gasteiger partial charge in [0.25, 0.3) is 5.56 Å². The highest BCUT2D eigenvalue weighted by molar-refractivity contribution is 5.88.